The van der Waals surface area contributed by atoms with E-state index in [0.29, 0.717) is 18.7 Å². The number of aromatic nitrogens is 1. The van der Waals surface area contributed by atoms with Crippen molar-refractivity contribution in [3.63, 3.8) is 0 Å². The lowest BCUT2D eigenvalue weighted by molar-refractivity contribution is -0.142. The van der Waals surface area contributed by atoms with Gasteiger partial charge in [0, 0.05) is 31.0 Å². The molecule has 1 aromatic heterocycles. The Morgan fingerprint density at radius 1 is 1.26 bits per heavy atom. The first-order valence-electron chi connectivity index (χ1n) is 10.6. The Morgan fingerprint density at radius 2 is 1.94 bits per heavy atom. The molecule has 1 fully saturated rings. The molecule has 10 heteroatoms. The third-order valence-electron chi connectivity index (χ3n) is 6.28. The van der Waals surface area contributed by atoms with Crippen LogP contribution in [-0.2, 0) is 27.2 Å². The van der Waals surface area contributed by atoms with Crippen LogP contribution in [0, 0.1) is 5.41 Å². The number of hydrogen-bond acceptors (Lipinski definition) is 6. The maximum Gasteiger partial charge on any atom is 0.330 e. The monoisotopic (exact) mass is 521 g/mol. The summed E-state index contributed by atoms with van der Waals surface area (Å²) in [6.45, 7) is 3.95. The summed E-state index contributed by atoms with van der Waals surface area (Å²) in [7, 11) is 1.30. The van der Waals surface area contributed by atoms with Crippen molar-refractivity contribution in [3.8, 4) is 0 Å². The summed E-state index contributed by atoms with van der Waals surface area (Å²) in [5.74, 6) is -0.924. The van der Waals surface area contributed by atoms with Crippen LogP contribution in [0.4, 0.5) is 5.69 Å². The lowest BCUT2D eigenvalue weighted by Crippen LogP contribution is -2.57. The largest absolute Gasteiger partial charge is 0.467 e. The maximum absolute atomic E-state index is 13.1. The third-order valence-corrected chi connectivity index (χ3v) is 7.25. The number of Topliss-reactive ketones (excluding diaryl/α,β-unsaturated/α-hetero) is 1. The predicted octanol–water partition coefficient (Wildman–Crippen LogP) is 4.33. The van der Waals surface area contributed by atoms with E-state index < -0.39 is 22.8 Å². The number of benzene rings is 1. The molecule has 2 heterocycles. The smallest absolute Gasteiger partial charge is 0.330 e. The highest BCUT2D eigenvalue weighted by molar-refractivity contribution is 6.53. The van der Waals surface area contributed by atoms with Crippen molar-refractivity contribution in [1.29, 1.82) is 0 Å². The molecule has 2 unspecified atom stereocenters. The van der Waals surface area contributed by atoms with Gasteiger partial charge in [0.15, 0.2) is 11.8 Å². The van der Waals surface area contributed by atoms with E-state index in [2.05, 4.69) is 9.98 Å². The van der Waals surface area contributed by atoms with Crippen LogP contribution in [0.2, 0.25) is 10.0 Å². The number of fused-ring (bicyclic) bond motifs is 1. The number of amides is 1. The number of methoxy groups -OCH3 is 1. The summed E-state index contributed by atoms with van der Waals surface area (Å²) in [5, 5.41) is -0.441. The zero-order chi connectivity index (χ0) is 24.8. The number of aliphatic imine (C=N–C) groups is 1. The van der Waals surface area contributed by atoms with E-state index in [1.807, 2.05) is 18.2 Å². The van der Waals surface area contributed by atoms with Crippen molar-refractivity contribution in [2.45, 2.75) is 38.1 Å². The van der Waals surface area contributed by atoms with Gasteiger partial charge in [-0.25, -0.2) is 4.79 Å². The Balaban J connectivity index is 1.59. The van der Waals surface area contributed by atoms with Crippen LogP contribution >= 0.6 is 34.8 Å². The van der Waals surface area contributed by atoms with E-state index in [9.17, 15) is 14.4 Å². The fraction of sp³-hybridized carbons (Fsp3) is 0.375. The van der Waals surface area contributed by atoms with Gasteiger partial charge in [-0.3, -0.25) is 19.6 Å². The molecule has 7 nitrogen and oxygen atoms in total. The first-order chi connectivity index (χ1) is 16.1. The zero-order valence-corrected chi connectivity index (χ0v) is 21.0. The molecule has 4 rings (SSSR count). The van der Waals surface area contributed by atoms with Gasteiger partial charge in [0.05, 0.1) is 33.8 Å². The van der Waals surface area contributed by atoms with Gasteiger partial charge < -0.3 is 9.64 Å². The number of ketones is 1. The van der Waals surface area contributed by atoms with Crippen LogP contribution < -0.4 is 4.90 Å². The molecule has 1 aliphatic heterocycles. The van der Waals surface area contributed by atoms with Crippen LogP contribution in [0.15, 0.2) is 35.6 Å². The Kier molecular flexibility index (Phi) is 6.73. The maximum atomic E-state index is 13.1. The number of pyridine rings is 1. The number of esters is 1. The number of nitrogens with zero attached hydrogens (tertiary/aromatic N) is 3. The molecular formula is C24H22Cl3N3O4. The molecule has 34 heavy (non-hydrogen) atoms. The van der Waals surface area contributed by atoms with E-state index in [0.717, 1.165) is 16.8 Å². The summed E-state index contributed by atoms with van der Waals surface area (Å²) >= 11 is 18.5. The molecule has 178 valence electrons. The number of alkyl halides is 1. The number of hydrogen-bond donors (Lipinski definition) is 0. The fourth-order valence-electron chi connectivity index (χ4n) is 4.29. The Morgan fingerprint density at radius 3 is 2.56 bits per heavy atom. The van der Waals surface area contributed by atoms with Crippen LogP contribution in [0.5, 0.6) is 0 Å². The highest BCUT2D eigenvalue weighted by atomic mass is 35.5. The van der Waals surface area contributed by atoms with Gasteiger partial charge >= 0.3 is 5.97 Å². The predicted molar refractivity (Wildman–Crippen MR) is 131 cm³/mol. The summed E-state index contributed by atoms with van der Waals surface area (Å²) in [6.07, 6.45) is 3.68. The molecule has 0 radical (unpaired) electrons. The van der Waals surface area contributed by atoms with Gasteiger partial charge in [0.1, 0.15) is 5.38 Å². The van der Waals surface area contributed by atoms with Crippen molar-refractivity contribution < 1.29 is 19.1 Å². The second-order valence-electron chi connectivity index (χ2n) is 8.76. The van der Waals surface area contributed by atoms with Crippen molar-refractivity contribution in [1.82, 2.24) is 4.98 Å². The second kappa shape index (κ2) is 9.29. The number of ether oxygens (including phenoxy) is 1. The summed E-state index contributed by atoms with van der Waals surface area (Å²) in [6, 6.07) is 4.79. The highest BCUT2D eigenvalue weighted by Crippen LogP contribution is 2.38. The molecule has 2 atom stereocenters. The molecule has 1 saturated carbocycles. The number of anilines is 1. The lowest BCUT2D eigenvalue weighted by Gasteiger charge is -2.39. The average molecular weight is 523 g/mol. The SMILES string of the molecule is COC(=O)C(Cc1ccc2c(c1)CCN2C(=O)c1c(Cl)cncc1Cl)N=C1C(Cl)C(=O)C1(C)C. The number of carbonyl (C=O) groups excluding carboxylic acids is 3. The van der Waals surface area contributed by atoms with Gasteiger partial charge in [0.2, 0.25) is 0 Å². The van der Waals surface area contributed by atoms with Crippen molar-refractivity contribution >= 4 is 63.9 Å². The van der Waals surface area contributed by atoms with Gasteiger partial charge in [-0.15, -0.1) is 11.6 Å². The summed E-state index contributed by atoms with van der Waals surface area (Å²) in [4.78, 5) is 47.7. The first kappa shape index (κ1) is 24.6. The van der Waals surface area contributed by atoms with Crippen LogP contribution in [-0.4, -0.2) is 53.4 Å². The molecule has 0 bridgehead atoms. The first-order valence-corrected chi connectivity index (χ1v) is 11.8. The molecule has 1 amide bonds. The lowest BCUT2D eigenvalue weighted by atomic mass is 9.68. The number of rotatable bonds is 5. The second-order valence-corrected chi connectivity index (χ2v) is 10.0. The van der Waals surface area contributed by atoms with E-state index in [4.69, 9.17) is 39.5 Å². The fourth-order valence-corrected chi connectivity index (χ4v) is 5.41. The van der Waals surface area contributed by atoms with E-state index in [1.165, 1.54) is 19.5 Å². The standard InChI is InChI=1S/C24H22Cl3N3O4/c1-24(2)20(19(27)21(24)31)29-16(23(33)34-3)9-12-4-5-17-13(8-12)6-7-30(17)22(32)18-14(25)10-28-11-15(18)26/h4-5,8,10-11,16,19H,6-7,9H2,1-3H3. The minimum absolute atomic E-state index is 0.117. The van der Waals surface area contributed by atoms with Gasteiger partial charge in [-0.1, -0.05) is 35.3 Å². The topological polar surface area (TPSA) is 88.9 Å². The normalized spacial score (nSPS) is 20.6. The van der Waals surface area contributed by atoms with Crippen LogP contribution in [0.3, 0.4) is 0 Å². The van der Waals surface area contributed by atoms with E-state index >= 15 is 0 Å². The quantitative estimate of drug-likeness (QED) is 0.431. The zero-order valence-electron chi connectivity index (χ0n) is 18.8. The molecule has 0 N–H and O–H groups in total. The molecule has 0 spiro atoms. The molecule has 2 aromatic rings. The number of carbonyl (C=O) groups is 3. The minimum Gasteiger partial charge on any atom is -0.467 e. The number of halogens is 3. The highest BCUT2D eigenvalue weighted by Gasteiger charge is 2.52. The molecular weight excluding hydrogens is 501 g/mol. The minimum atomic E-state index is -0.833. The van der Waals surface area contributed by atoms with Crippen molar-refractivity contribution in [2.75, 3.05) is 18.6 Å². The van der Waals surface area contributed by atoms with Crippen LogP contribution in [0.1, 0.15) is 35.3 Å². The van der Waals surface area contributed by atoms with Gasteiger partial charge in [-0.2, -0.15) is 0 Å². The van der Waals surface area contributed by atoms with Crippen LogP contribution in [0.25, 0.3) is 0 Å². The molecule has 1 aromatic carbocycles. The summed E-state index contributed by atoms with van der Waals surface area (Å²) < 4.78 is 4.94. The summed E-state index contributed by atoms with van der Waals surface area (Å²) in [5.41, 5.74) is 2.46. The molecule has 0 saturated heterocycles. The molecule has 2 aliphatic rings. The van der Waals surface area contributed by atoms with E-state index in [-0.39, 0.29) is 33.7 Å². The van der Waals surface area contributed by atoms with Crippen molar-refractivity contribution in [3.05, 3.63) is 57.3 Å². The Labute approximate surface area is 212 Å². The van der Waals surface area contributed by atoms with Crippen molar-refractivity contribution in [2.24, 2.45) is 10.4 Å². The average Bonchev–Trinajstić information content (AvgIpc) is 3.23. The Hall–Kier alpha value is -2.48. The van der Waals surface area contributed by atoms with Gasteiger partial charge in [0.25, 0.3) is 5.91 Å². The third kappa shape index (κ3) is 4.21. The Bertz CT molecular complexity index is 1210. The van der Waals surface area contributed by atoms with E-state index in [1.54, 1.807) is 18.7 Å². The van der Waals surface area contributed by atoms with Gasteiger partial charge in [-0.05, 0) is 37.5 Å². The molecule has 1 aliphatic carbocycles.